The lowest BCUT2D eigenvalue weighted by Gasteiger charge is -2.29. The van der Waals surface area contributed by atoms with E-state index < -0.39 is 24.7 Å². The molecule has 1 fully saturated rings. The van der Waals surface area contributed by atoms with E-state index in [0.29, 0.717) is 0 Å². The zero-order chi connectivity index (χ0) is 9.19. The number of rotatable bonds is 1. The van der Waals surface area contributed by atoms with Gasteiger partial charge in [-0.15, -0.1) is 0 Å². The molecule has 0 radical (unpaired) electrons. The Morgan fingerprint density at radius 1 is 1.67 bits per heavy atom. The number of carbonyl (C=O) groups excluding carboxylic acids is 1. The van der Waals surface area contributed by atoms with Gasteiger partial charge in [0.05, 0.1) is 6.61 Å². The largest absolute Gasteiger partial charge is 0.440 e. The summed E-state index contributed by atoms with van der Waals surface area (Å²) in [5.41, 5.74) is 4.61. The fourth-order valence-corrected chi connectivity index (χ4v) is 0.988. The Kier molecular flexibility index (Phi) is 2.46. The van der Waals surface area contributed by atoms with Crippen LogP contribution >= 0.6 is 0 Å². The Morgan fingerprint density at radius 3 is 2.83 bits per heavy atom. The van der Waals surface area contributed by atoms with Gasteiger partial charge in [0.2, 0.25) is 0 Å². The number of ether oxygens (including phenoxy) is 2. The SMILES string of the molecule is NC(=O)OC1CCOCC1(F)F. The first-order valence-corrected chi connectivity index (χ1v) is 3.44. The lowest BCUT2D eigenvalue weighted by Crippen LogP contribution is -2.46. The number of alkyl halides is 2. The molecular weight excluding hydrogens is 172 g/mol. The van der Waals surface area contributed by atoms with Crippen LogP contribution in [0.2, 0.25) is 0 Å². The molecule has 0 spiro atoms. The van der Waals surface area contributed by atoms with E-state index in [4.69, 9.17) is 0 Å². The van der Waals surface area contributed by atoms with Gasteiger partial charge in [-0.3, -0.25) is 0 Å². The van der Waals surface area contributed by atoms with Crippen molar-refractivity contribution in [2.24, 2.45) is 5.73 Å². The summed E-state index contributed by atoms with van der Waals surface area (Å²) in [5.74, 6) is -3.12. The van der Waals surface area contributed by atoms with Crippen molar-refractivity contribution in [2.75, 3.05) is 13.2 Å². The molecule has 1 amide bonds. The van der Waals surface area contributed by atoms with Crippen LogP contribution in [0.4, 0.5) is 13.6 Å². The molecule has 4 nitrogen and oxygen atoms in total. The molecule has 70 valence electrons. The molecule has 1 rings (SSSR count). The predicted octanol–water partition coefficient (Wildman–Crippen LogP) is 0.506. The zero-order valence-corrected chi connectivity index (χ0v) is 6.26. The highest BCUT2D eigenvalue weighted by Crippen LogP contribution is 2.27. The van der Waals surface area contributed by atoms with Gasteiger partial charge >= 0.3 is 12.0 Å². The van der Waals surface area contributed by atoms with Crippen LogP contribution in [0, 0.1) is 0 Å². The molecule has 0 aromatic heterocycles. The smallest absolute Gasteiger partial charge is 0.404 e. The molecule has 12 heavy (non-hydrogen) atoms. The van der Waals surface area contributed by atoms with Gasteiger partial charge in [-0.1, -0.05) is 0 Å². The van der Waals surface area contributed by atoms with Crippen LogP contribution in [-0.2, 0) is 9.47 Å². The Labute approximate surface area is 67.6 Å². The summed E-state index contributed by atoms with van der Waals surface area (Å²) < 4.78 is 34.3. The molecule has 1 saturated heterocycles. The maximum Gasteiger partial charge on any atom is 0.404 e. The molecule has 0 aromatic rings. The zero-order valence-electron chi connectivity index (χ0n) is 6.26. The summed E-state index contributed by atoms with van der Waals surface area (Å²) in [5, 5.41) is 0. The van der Waals surface area contributed by atoms with Gasteiger partial charge in [-0.2, -0.15) is 8.78 Å². The number of hydrogen-bond acceptors (Lipinski definition) is 3. The summed E-state index contributed by atoms with van der Waals surface area (Å²) in [6.45, 7) is -0.557. The topological polar surface area (TPSA) is 61.6 Å². The van der Waals surface area contributed by atoms with Gasteiger partial charge in [-0.05, 0) is 0 Å². The van der Waals surface area contributed by atoms with Crippen molar-refractivity contribution in [1.82, 2.24) is 0 Å². The van der Waals surface area contributed by atoms with Crippen molar-refractivity contribution in [3.05, 3.63) is 0 Å². The average molecular weight is 181 g/mol. The normalized spacial score (nSPS) is 28.0. The van der Waals surface area contributed by atoms with Gasteiger partial charge in [0.25, 0.3) is 0 Å². The van der Waals surface area contributed by atoms with Crippen LogP contribution in [0.25, 0.3) is 0 Å². The van der Waals surface area contributed by atoms with E-state index in [0.717, 1.165) is 0 Å². The molecule has 0 aromatic carbocycles. The lowest BCUT2D eigenvalue weighted by atomic mass is 10.1. The summed E-state index contributed by atoms with van der Waals surface area (Å²) in [6, 6.07) is 0. The Hall–Kier alpha value is -0.910. The monoisotopic (exact) mass is 181 g/mol. The molecule has 1 heterocycles. The third kappa shape index (κ3) is 2.04. The van der Waals surface area contributed by atoms with E-state index >= 15 is 0 Å². The van der Waals surface area contributed by atoms with E-state index in [1.807, 2.05) is 0 Å². The number of halogens is 2. The van der Waals surface area contributed by atoms with Crippen molar-refractivity contribution in [3.63, 3.8) is 0 Å². The minimum Gasteiger partial charge on any atom is -0.440 e. The fourth-order valence-electron chi connectivity index (χ4n) is 0.988. The molecule has 6 heteroatoms. The lowest BCUT2D eigenvalue weighted by molar-refractivity contribution is -0.184. The van der Waals surface area contributed by atoms with Crippen LogP contribution in [-0.4, -0.2) is 31.3 Å². The quantitative estimate of drug-likeness (QED) is 0.640. The summed E-state index contributed by atoms with van der Waals surface area (Å²) >= 11 is 0. The summed E-state index contributed by atoms with van der Waals surface area (Å²) in [4.78, 5) is 10.2. The highest BCUT2D eigenvalue weighted by molar-refractivity contribution is 5.64. The van der Waals surface area contributed by atoms with E-state index in [1.54, 1.807) is 0 Å². The van der Waals surface area contributed by atoms with Gasteiger partial charge in [0.15, 0.2) is 6.10 Å². The molecule has 1 aliphatic rings. The fraction of sp³-hybridized carbons (Fsp3) is 0.833. The summed E-state index contributed by atoms with van der Waals surface area (Å²) in [7, 11) is 0. The van der Waals surface area contributed by atoms with E-state index in [9.17, 15) is 13.6 Å². The van der Waals surface area contributed by atoms with E-state index in [-0.39, 0.29) is 13.0 Å². The predicted molar refractivity (Wildman–Crippen MR) is 34.8 cm³/mol. The Balaban J connectivity index is 2.54. The number of hydrogen-bond donors (Lipinski definition) is 1. The molecule has 0 saturated carbocycles. The van der Waals surface area contributed by atoms with Crippen LogP contribution in [0.1, 0.15) is 6.42 Å². The van der Waals surface area contributed by atoms with Crippen LogP contribution < -0.4 is 5.73 Å². The Bertz CT molecular complexity index is 186. The first-order chi connectivity index (χ1) is 5.52. The maximum atomic E-state index is 12.8. The third-order valence-corrected chi connectivity index (χ3v) is 1.55. The van der Waals surface area contributed by atoms with Crippen molar-refractivity contribution in [3.8, 4) is 0 Å². The minimum absolute atomic E-state index is 0.0179. The van der Waals surface area contributed by atoms with Gasteiger partial charge in [0.1, 0.15) is 6.61 Å². The first-order valence-electron chi connectivity index (χ1n) is 3.44. The Morgan fingerprint density at radius 2 is 2.33 bits per heavy atom. The number of amides is 1. The number of primary amides is 1. The summed E-state index contributed by atoms with van der Waals surface area (Å²) in [6.07, 6.45) is -2.64. The molecular formula is C6H9F2NO3. The molecule has 1 unspecified atom stereocenters. The second kappa shape index (κ2) is 3.22. The molecule has 2 N–H and O–H groups in total. The molecule has 0 bridgehead atoms. The standard InChI is InChI=1S/C6H9F2NO3/c7-6(8)3-11-2-1-4(6)12-5(9)10/h4H,1-3H2,(H2,9,10). The van der Waals surface area contributed by atoms with Crippen molar-refractivity contribution >= 4 is 6.09 Å². The maximum absolute atomic E-state index is 12.8. The van der Waals surface area contributed by atoms with E-state index in [1.165, 1.54) is 0 Å². The van der Waals surface area contributed by atoms with Gasteiger partial charge in [0, 0.05) is 6.42 Å². The molecule has 0 aliphatic carbocycles. The average Bonchev–Trinajstić information content (AvgIpc) is 1.92. The highest BCUT2D eigenvalue weighted by Gasteiger charge is 2.45. The van der Waals surface area contributed by atoms with Gasteiger partial charge in [-0.25, -0.2) is 4.79 Å². The van der Waals surface area contributed by atoms with Gasteiger partial charge < -0.3 is 15.2 Å². The molecule has 1 atom stereocenters. The van der Waals surface area contributed by atoms with Crippen LogP contribution in [0.5, 0.6) is 0 Å². The molecule has 1 aliphatic heterocycles. The van der Waals surface area contributed by atoms with Crippen molar-refractivity contribution in [1.29, 1.82) is 0 Å². The number of nitrogens with two attached hydrogens (primary N) is 1. The second-order valence-corrected chi connectivity index (χ2v) is 2.53. The third-order valence-electron chi connectivity index (χ3n) is 1.55. The highest BCUT2D eigenvalue weighted by atomic mass is 19.3. The second-order valence-electron chi connectivity index (χ2n) is 2.53. The van der Waals surface area contributed by atoms with E-state index in [2.05, 4.69) is 15.2 Å². The minimum atomic E-state index is -3.12. The number of carbonyl (C=O) groups is 1. The van der Waals surface area contributed by atoms with Crippen molar-refractivity contribution in [2.45, 2.75) is 18.4 Å². The van der Waals surface area contributed by atoms with Crippen LogP contribution in [0.15, 0.2) is 0 Å². The van der Waals surface area contributed by atoms with Crippen LogP contribution in [0.3, 0.4) is 0 Å². The first kappa shape index (κ1) is 9.18. The van der Waals surface area contributed by atoms with Crippen molar-refractivity contribution < 1.29 is 23.0 Å².